The Kier molecular flexibility index (Phi) is 1.93. The summed E-state index contributed by atoms with van der Waals surface area (Å²) in [4.78, 5) is 8.36. The molecule has 0 unspecified atom stereocenters. The molecule has 0 saturated heterocycles. The molecular formula is C7H8IN3. The number of hydrogen-bond donors (Lipinski definition) is 1. The summed E-state index contributed by atoms with van der Waals surface area (Å²) in [6.07, 6.45) is 4.39. The van der Waals surface area contributed by atoms with Gasteiger partial charge in [0.15, 0.2) is 0 Å². The molecule has 1 fully saturated rings. The molecule has 1 saturated carbocycles. The van der Waals surface area contributed by atoms with Crippen LogP contribution in [0.25, 0.3) is 0 Å². The highest BCUT2D eigenvalue weighted by molar-refractivity contribution is 14.1. The van der Waals surface area contributed by atoms with Gasteiger partial charge in [0.2, 0.25) is 5.95 Å². The molecule has 0 spiro atoms. The predicted octanol–water partition coefficient (Wildman–Crippen LogP) is 2.12. The summed E-state index contributed by atoms with van der Waals surface area (Å²) in [5, 5.41) is 0. The van der Waals surface area contributed by atoms with Gasteiger partial charge in [-0.05, 0) is 18.9 Å². The Morgan fingerprint density at radius 1 is 1.55 bits per heavy atom. The van der Waals surface area contributed by atoms with E-state index >= 15 is 0 Å². The maximum absolute atomic E-state index is 4.32. The average Bonchev–Trinajstić information content (AvgIpc) is 2.87. The summed E-state index contributed by atoms with van der Waals surface area (Å²) >= 11 is 2.04. The molecule has 0 aliphatic heterocycles. The Balaban J connectivity index is 2.26. The van der Waals surface area contributed by atoms with Crippen LogP contribution in [-0.4, -0.2) is 9.97 Å². The van der Waals surface area contributed by atoms with Crippen molar-refractivity contribution in [3.63, 3.8) is 0 Å². The first-order chi connectivity index (χ1) is 5.40. The van der Waals surface area contributed by atoms with Gasteiger partial charge in [-0.1, -0.05) is 0 Å². The van der Waals surface area contributed by atoms with E-state index in [9.17, 15) is 0 Å². The van der Waals surface area contributed by atoms with Crippen LogP contribution in [0.5, 0.6) is 0 Å². The second-order valence-corrected chi connectivity index (χ2v) is 3.21. The first-order valence-electron chi connectivity index (χ1n) is 3.60. The first kappa shape index (κ1) is 7.27. The zero-order valence-electron chi connectivity index (χ0n) is 5.92. The molecule has 4 heteroatoms. The van der Waals surface area contributed by atoms with Gasteiger partial charge in [-0.15, -0.1) is 0 Å². The SMILES string of the molecule is INc1nccc(C2CC2)n1. The Morgan fingerprint density at radius 3 is 3.00 bits per heavy atom. The molecule has 1 aromatic rings. The van der Waals surface area contributed by atoms with E-state index in [1.807, 2.05) is 35.1 Å². The van der Waals surface area contributed by atoms with Crippen LogP contribution in [0.3, 0.4) is 0 Å². The molecule has 58 valence electrons. The number of halogens is 1. The molecule has 1 aliphatic carbocycles. The number of anilines is 1. The summed E-state index contributed by atoms with van der Waals surface area (Å²) in [6.45, 7) is 0. The monoisotopic (exact) mass is 261 g/mol. The van der Waals surface area contributed by atoms with E-state index in [0.29, 0.717) is 5.92 Å². The quantitative estimate of drug-likeness (QED) is 0.654. The number of rotatable bonds is 2. The Hall–Kier alpha value is -0.390. The van der Waals surface area contributed by atoms with Gasteiger partial charge in [-0.2, -0.15) is 0 Å². The summed E-state index contributed by atoms with van der Waals surface area (Å²) in [5.41, 5.74) is 1.18. The highest BCUT2D eigenvalue weighted by Gasteiger charge is 2.24. The van der Waals surface area contributed by atoms with Crippen molar-refractivity contribution < 1.29 is 0 Å². The van der Waals surface area contributed by atoms with Crippen molar-refractivity contribution in [2.45, 2.75) is 18.8 Å². The summed E-state index contributed by atoms with van der Waals surface area (Å²) < 4.78 is 2.90. The fourth-order valence-electron chi connectivity index (χ4n) is 1.02. The lowest BCUT2D eigenvalue weighted by molar-refractivity contribution is 0.999. The smallest absolute Gasteiger partial charge is 0.231 e. The van der Waals surface area contributed by atoms with Crippen molar-refractivity contribution in [3.05, 3.63) is 18.0 Å². The van der Waals surface area contributed by atoms with Crippen molar-refractivity contribution >= 4 is 28.8 Å². The summed E-state index contributed by atoms with van der Waals surface area (Å²) in [6, 6.07) is 2.00. The van der Waals surface area contributed by atoms with Gasteiger partial charge in [0.1, 0.15) is 0 Å². The number of aromatic nitrogens is 2. The third-order valence-corrected chi connectivity index (χ3v) is 2.24. The minimum Gasteiger partial charge on any atom is -0.297 e. The van der Waals surface area contributed by atoms with E-state index < -0.39 is 0 Å². The Bertz CT molecular complexity index is 260. The van der Waals surface area contributed by atoms with Crippen LogP contribution in [0.1, 0.15) is 24.5 Å². The summed E-state index contributed by atoms with van der Waals surface area (Å²) in [5.74, 6) is 1.43. The lowest BCUT2D eigenvalue weighted by Gasteiger charge is -1.98. The molecule has 0 amide bonds. The van der Waals surface area contributed by atoms with Crippen LogP contribution in [0, 0.1) is 0 Å². The van der Waals surface area contributed by atoms with Crippen LogP contribution >= 0.6 is 22.9 Å². The first-order valence-corrected chi connectivity index (χ1v) is 4.67. The van der Waals surface area contributed by atoms with E-state index in [-0.39, 0.29) is 0 Å². The van der Waals surface area contributed by atoms with Crippen LogP contribution in [-0.2, 0) is 0 Å². The van der Waals surface area contributed by atoms with Crippen LogP contribution in [0.15, 0.2) is 12.3 Å². The van der Waals surface area contributed by atoms with Crippen LogP contribution in [0.4, 0.5) is 5.95 Å². The van der Waals surface area contributed by atoms with Gasteiger partial charge < -0.3 is 0 Å². The molecule has 0 atom stereocenters. The third-order valence-electron chi connectivity index (χ3n) is 1.76. The van der Waals surface area contributed by atoms with E-state index in [0.717, 1.165) is 5.95 Å². The van der Waals surface area contributed by atoms with Crippen molar-refractivity contribution in [2.24, 2.45) is 0 Å². The van der Waals surface area contributed by atoms with E-state index in [4.69, 9.17) is 0 Å². The van der Waals surface area contributed by atoms with Crippen molar-refractivity contribution in [1.29, 1.82) is 0 Å². The lowest BCUT2D eigenvalue weighted by Crippen LogP contribution is -1.93. The van der Waals surface area contributed by atoms with Gasteiger partial charge >= 0.3 is 0 Å². The molecule has 3 nitrogen and oxygen atoms in total. The fourth-order valence-corrected chi connectivity index (χ4v) is 1.28. The zero-order chi connectivity index (χ0) is 7.68. The highest BCUT2D eigenvalue weighted by Crippen LogP contribution is 2.38. The van der Waals surface area contributed by atoms with Gasteiger partial charge in [0.25, 0.3) is 0 Å². The standard InChI is InChI=1S/C7H8IN3/c8-11-7-9-4-3-6(10-7)5-1-2-5/h3-5H,1-2H2,(H,9,10,11). The summed E-state index contributed by atoms with van der Waals surface area (Å²) in [7, 11) is 0. The lowest BCUT2D eigenvalue weighted by atomic mass is 10.3. The maximum Gasteiger partial charge on any atom is 0.231 e. The normalized spacial score (nSPS) is 16.5. The molecule has 0 radical (unpaired) electrons. The fraction of sp³-hybridized carbons (Fsp3) is 0.429. The number of nitrogens with zero attached hydrogens (tertiary/aromatic N) is 2. The van der Waals surface area contributed by atoms with Crippen LogP contribution in [0.2, 0.25) is 0 Å². The zero-order valence-corrected chi connectivity index (χ0v) is 8.08. The van der Waals surface area contributed by atoms with Crippen molar-refractivity contribution in [2.75, 3.05) is 3.53 Å². The maximum atomic E-state index is 4.32. The Labute approximate surface area is 79.1 Å². The van der Waals surface area contributed by atoms with E-state index in [1.165, 1.54) is 18.5 Å². The Morgan fingerprint density at radius 2 is 2.36 bits per heavy atom. The molecule has 1 aromatic heterocycles. The number of hydrogen-bond acceptors (Lipinski definition) is 3. The molecule has 2 rings (SSSR count). The van der Waals surface area contributed by atoms with Crippen molar-refractivity contribution in [3.8, 4) is 0 Å². The largest absolute Gasteiger partial charge is 0.297 e. The minimum absolute atomic E-state index is 0.710. The highest BCUT2D eigenvalue weighted by atomic mass is 127. The molecule has 0 aromatic carbocycles. The van der Waals surface area contributed by atoms with Gasteiger partial charge in [0, 0.05) is 17.8 Å². The molecular weight excluding hydrogens is 253 g/mol. The minimum atomic E-state index is 0.710. The molecule has 1 heterocycles. The second kappa shape index (κ2) is 2.92. The topological polar surface area (TPSA) is 37.8 Å². The predicted molar refractivity (Wildman–Crippen MR) is 51.6 cm³/mol. The van der Waals surface area contributed by atoms with Gasteiger partial charge in [0.05, 0.1) is 22.9 Å². The average molecular weight is 261 g/mol. The molecule has 0 bridgehead atoms. The third kappa shape index (κ3) is 1.61. The molecule has 1 aliphatic rings. The van der Waals surface area contributed by atoms with Gasteiger partial charge in [-0.25, -0.2) is 9.97 Å². The van der Waals surface area contributed by atoms with Crippen LogP contribution < -0.4 is 3.53 Å². The molecule has 1 N–H and O–H groups in total. The second-order valence-electron chi connectivity index (χ2n) is 2.67. The van der Waals surface area contributed by atoms with E-state index in [1.54, 1.807) is 0 Å². The van der Waals surface area contributed by atoms with E-state index in [2.05, 4.69) is 13.5 Å². The number of nitrogens with one attached hydrogen (secondary N) is 1. The van der Waals surface area contributed by atoms with Gasteiger partial charge in [-0.3, -0.25) is 3.53 Å². The molecule has 11 heavy (non-hydrogen) atoms. The van der Waals surface area contributed by atoms with Crippen molar-refractivity contribution in [1.82, 2.24) is 9.97 Å².